The highest BCUT2D eigenvalue weighted by Gasteiger charge is 2.57. The summed E-state index contributed by atoms with van der Waals surface area (Å²) in [5, 5.41) is 3.42. The predicted molar refractivity (Wildman–Crippen MR) is 121 cm³/mol. The van der Waals surface area contributed by atoms with Gasteiger partial charge in [0.15, 0.2) is 11.5 Å². The maximum Gasteiger partial charge on any atom is 0.471 e. The van der Waals surface area contributed by atoms with E-state index in [9.17, 15) is 18.0 Å². The van der Waals surface area contributed by atoms with E-state index in [-0.39, 0.29) is 31.7 Å². The molecule has 0 saturated carbocycles. The number of benzene rings is 3. The molecule has 1 unspecified atom stereocenters. The zero-order valence-corrected chi connectivity index (χ0v) is 18.9. The van der Waals surface area contributed by atoms with Gasteiger partial charge in [0.25, 0.3) is 0 Å². The molecular formula is C26H16F3N3O5. The average Bonchev–Trinajstić information content (AvgIpc) is 3.67. The van der Waals surface area contributed by atoms with E-state index in [2.05, 4.69) is 14.7 Å². The van der Waals surface area contributed by atoms with Crippen molar-refractivity contribution in [1.29, 1.82) is 0 Å². The van der Waals surface area contributed by atoms with Gasteiger partial charge in [-0.1, -0.05) is 47.6 Å². The molecule has 0 N–H and O–H groups in total. The van der Waals surface area contributed by atoms with E-state index >= 15 is 0 Å². The summed E-state index contributed by atoms with van der Waals surface area (Å²) in [6, 6.07) is 17.8. The van der Waals surface area contributed by atoms with Crippen molar-refractivity contribution in [3.05, 3.63) is 83.2 Å². The first-order valence-corrected chi connectivity index (χ1v) is 11.3. The van der Waals surface area contributed by atoms with Crippen molar-refractivity contribution in [2.45, 2.75) is 18.1 Å². The number of hydrogen-bond donors (Lipinski definition) is 0. The highest BCUT2D eigenvalue weighted by Crippen LogP contribution is 2.55. The molecule has 1 amide bonds. The molecule has 7 rings (SSSR count). The Hall–Kier alpha value is -4.54. The number of fused-ring (bicyclic) bond motifs is 5. The van der Waals surface area contributed by atoms with Crippen LogP contribution >= 0.6 is 0 Å². The van der Waals surface area contributed by atoms with Crippen molar-refractivity contribution in [1.82, 2.24) is 10.1 Å². The van der Waals surface area contributed by atoms with Crippen LogP contribution in [0.4, 0.5) is 18.9 Å². The lowest BCUT2D eigenvalue weighted by molar-refractivity contribution is -0.159. The number of hydrogen-bond acceptors (Lipinski definition) is 7. The zero-order valence-electron chi connectivity index (χ0n) is 18.9. The Bertz CT molecular complexity index is 1570. The maximum absolute atomic E-state index is 14.1. The number of alkyl halides is 3. The molecule has 0 bridgehead atoms. The maximum atomic E-state index is 14.1. The van der Waals surface area contributed by atoms with Gasteiger partial charge in [-0.05, 0) is 23.3 Å². The molecule has 3 aliphatic heterocycles. The number of nitrogens with zero attached hydrogens (tertiary/aromatic N) is 3. The molecule has 1 aromatic heterocycles. The molecule has 11 heteroatoms. The summed E-state index contributed by atoms with van der Waals surface area (Å²) in [5.41, 5.74) is 2.44. The van der Waals surface area contributed by atoms with Crippen LogP contribution in [0.2, 0.25) is 0 Å². The lowest BCUT2D eigenvalue weighted by Crippen LogP contribution is -2.42. The third kappa shape index (κ3) is 3.13. The molecule has 0 saturated heterocycles. The summed E-state index contributed by atoms with van der Waals surface area (Å²) in [5.74, 6) is 0.0190. The van der Waals surface area contributed by atoms with E-state index in [4.69, 9.17) is 14.2 Å². The molecule has 8 nitrogen and oxygen atoms in total. The van der Waals surface area contributed by atoms with Gasteiger partial charge in [0.05, 0.1) is 6.54 Å². The minimum atomic E-state index is -4.72. The van der Waals surface area contributed by atoms with Crippen LogP contribution in [0.25, 0.3) is 11.4 Å². The Labute approximate surface area is 207 Å². The number of ether oxygens (including phenoxy) is 3. The summed E-state index contributed by atoms with van der Waals surface area (Å²) < 4.78 is 59.7. The van der Waals surface area contributed by atoms with Gasteiger partial charge >= 0.3 is 12.1 Å². The molecule has 4 heterocycles. The first kappa shape index (κ1) is 21.7. The number of amides is 1. The van der Waals surface area contributed by atoms with Gasteiger partial charge in [-0.25, -0.2) is 0 Å². The molecular weight excluding hydrogens is 491 g/mol. The molecule has 4 aromatic rings. The smallest absolute Gasteiger partial charge is 0.471 e. The summed E-state index contributed by atoms with van der Waals surface area (Å²) in [4.78, 5) is 19.2. The van der Waals surface area contributed by atoms with Crippen LogP contribution in [0.15, 0.2) is 65.2 Å². The third-order valence-electron chi connectivity index (χ3n) is 6.86. The van der Waals surface area contributed by atoms with Crippen molar-refractivity contribution in [2.24, 2.45) is 0 Å². The van der Waals surface area contributed by atoms with Gasteiger partial charge in [-0.3, -0.25) is 4.79 Å². The molecule has 0 aliphatic carbocycles. The van der Waals surface area contributed by atoms with Gasteiger partial charge < -0.3 is 23.6 Å². The van der Waals surface area contributed by atoms with E-state index in [1.807, 2.05) is 30.3 Å². The van der Waals surface area contributed by atoms with Gasteiger partial charge in [0.2, 0.25) is 18.5 Å². The van der Waals surface area contributed by atoms with E-state index in [1.165, 1.54) is 0 Å². The molecule has 1 atom stereocenters. The topological polar surface area (TPSA) is 86.9 Å². The lowest BCUT2D eigenvalue weighted by atomic mass is 9.77. The Balaban J connectivity index is 1.22. The highest BCUT2D eigenvalue weighted by atomic mass is 19.4. The standard InChI is InChI=1S/C26H16F3N3O5/c27-26(28,29)23-30-22(31-37-23)15-7-5-14(6-8-15)11-32-18-4-2-1-3-16(18)25(24(32)33)12-34-19-10-21-20(9-17(19)25)35-13-36-21/h1-10H,11-13H2. The number of rotatable bonds is 3. The van der Waals surface area contributed by atoms with Gasteiger partial charge in [0.1, 0.15) is 17.8 Å². The summed E-state index contributed by atoms with van der Waals surface area (Å²) in [7, 11) is 0. The Morgan fingerprint density at radius 1 is 0.919 bits per heavy atom. The second-order valence-corrected chi connectivity index (χ2v) is 8.92. The van der Waals surface area contributed by atoms with Gasteiger partial charge in [0, 0.05) is 22.9 Å². The first-order valence-electron chi connectivity index (χ1n) is 11.3. The summed E-state index contributed by atoms with van der Waals surface area (Å²) in [6.07, 6.45) is -4.72. The molecule has 0 fully saturated rings. The fourth-order valence-electron chi connectivity index (χ4n) is 5.12. The van der Waals surface area contributed by atoms with Crippen LogP contribution in [-0.4, -0.2) is 29.4 Å². The normalized spacial score (nSPS) is 19.3. The zero-order chi connectivity index (χ0) is 25.4. The van der Waals surface area contributed by atoms with Crippen LogP contribution in [0, 0.1) is 0 Å². The van der Waals surface area contributed by atoms with Crippen molar-refractivity contribution in [3.63, 3.8) is 0 Å². The Morgan fingerprint density at radius 2 is 1.68 bits per heavy atom. The van der Waals surface area contributed by atoms with Crippen LogP contribution < -0.4 is 19.1 Å². The minimum Gasteiger partial charge on any atom is -0.491 e. The second-order valence-electron chi connectivity index (χ2n) is 8.92. The highest BCUT2D eigenvalue weighted by molar-refractivity contribution is 6.11. The van der Waals surface area contributed by atoms with Crippen LogP contribution in [0.1, 0.15) is 22.6 Å². The van der Waals surface area contributed by atoms with Crippen LogP contribution in [0.3, 0.4) is 0 Å². The lowest BCUT2D eigenvalue weighted by Gasteiger charge is -2.23. The first-order chi connectivity index (χ1) is 17.8. The molecule has 37 heavy (non-hydrogen) atoms. The van der Waals surface area contributed by atoms with Crippen molar-refractivity contribution in [3.8, 4) is 28.6 Å². The minimum absolute atomic E-state index is 0.110. The van der Waals surface area contributed by atoms with Gasteiger partial charge in [-0.15, -0.1) is 0 Å². The van der Waals surface area contributed by atoms with Crippen molar-refractivity contribution < 1.29 is 36.7 Å². The molecule has 3 aliphatic rings. The van der Waals surface area contributed by atoms with E-state index in [0.717, 1.165) is 22.4 Å². The quantitative estimate of drug-likeness (QED) is 0.397. The van der Waals surface area contributed by atoms with Crippen molar-refractivity contribution >= 4 is 11.6 Å². The van der Waals surface area contributed by atoms with E-state index in [1.54, 1.807) is 35.2 Å². The molecule has 3 aromatic carbocycles. The predicted octanol–water partition coefficient (Wildman–Crippen LogP) is 4.71. The second kappa shape index (κ2) is 7.48. The molecule has 0 radical (unpaired) electrons. The van der Waals surface area contributed by atoms with Crippen LogP contribution in [-0.2, 0) is 22.9 Å². The number of para-hydroxylation sites is 1. The SMILES string of the molecule is O=C1N(Cc2ccc(-c3noc(C(F)(F)F)n3)cc2)c2ccccc2C12COc1cc3c(cc12)OCO3. The number of carbonyl (C=O) groups is 1. The van der Waals surface area contributed by atoms with E-state index < -0.39 is 17.5 Å². The fraction of sp³-hybridized carbons (Fsp3) is 0.192. The monoisotopic (exact) mass is 507 g/mol. The number of halogens is 3. The van der Waals surface area contributed by atoms with Gasteiger partial charge in [-0.2, -0.15) is 18.2 Å². The number of anilines is 1. The average molecular weight is 507 g/mol. The van der Waals surface area contributed by atoms with E-state index in [0.29, 0.717) is 22.8 Å². The molecule has 186 valence electrons. The summed E-state index contributed by atoms with van der Waals surface area (Å²) in [6.45, 7) is 0.507. The third-order valence-corrected chi connectivity index (χ3v) is 6.86. The molecule has 1 spiro atoms. The fourth-order valence-corrected chi connectivity index (χ4v) is 5.12. The number of carbonyl (C=O) groups excluding carboxylic acids is 1. The van der Waals surface area contributed by atoms with Crippen molar-refractivity contribution in [2.75, 3.05) is 18.3 Å². The number of aromatic nitrogens is 2. The Morgan fingerprint density at radius 3 is 2.43 bits per heavy atom. The Kier molecular flexibility index (Phi) is 4.39. The largest absolute Gasteiger partial charge is 0.491 e. The van der Waals surface area contributed by atoms with Crippen LogP contribution in [0.5, 0.6) is 17.2 Å². The summed E-state index contributed by atoms with van der Waals surface area (Å²) >= 11 is 0.